The topological polar surface area (TPSA) is 57.4 Å². The summed E-state index contributed by atoms with van der Waals surface area (Å²) in [5, 5.41) is 0. The Morgan fingerprint density at radius 3 is 2.79 bits per heavy atom. The Morgan fingerprint density at radius 2 is 2.05 bits per heavy atom. The number of nitrogens with zero attached hydrogens (tertiary/aromatic N) is 1. The molecule has 1 unspecified atom stereocenters. The fraction of sp³-hybridized carbons (Fsp3) is 0.667. The normalized spacial score (nSPS) is 26.5. The van der Waals surface area contributed by atoms with Gasteiger partial charge in [-0.15, -0.1) is 0 Å². The van der Waals surface area contributed by atoms with Crippen LogP contribution in [0.2, 0.25) is 0 Å². The second-order valence-corrected chi connectivity index (χ2v) is 5.71. The molecule has 0 bridgehead atoms. The lowest BCUT2D eigenvalue weighted by molar-refractivity contribution is -0.165. The Labute approximate surface area is 114 Å². The van der Waals surface area contributed by atoms with Crippen LogP contribution in [-0.2, 0) is 9.47 Å². The van der Waals surface area contributed by atoms with Gasteiger partial charge in [-0.1, -0.05) is 0 Å². The van der Waals surface area contributed by atoms with Crippen molar-refractivity contribution in [3.05, 3.63) is 23.5 Å². The molecule has 0 radical (unpaired) electrons. The summed E-state index contributed by atoms with van der Waals surface area (Å²) in [6.07, 6.45) is 7.13. The summed E-state index contributed by atoms with van der Waals surface area (Å²) in [6, 6.07) is 2.02. The Bertz CT molecular complexity index is 455. The number of hydrogen-bond acceptors (Lipinski definition) is 4. The van der Waals surface area contributed by atoms with Crippen molar-refractivity contribution in [2.75, 3.05) is 18.9 Å². The molecular formula is C15H22N2O2. The first-order valence-corrected chi connectivity index (χ1v) is 7.18. The maximum absolute atomic E-state index is 5.83. The molecule has 0 aromatic carbocycles. The van der Waals surface area contributed by atoms with Crippen LogP contribution >= 0.6 is 0 Å². The zero-order valence-corrected chi connectivity index (χ0v) is 11.5. The molecule has 19 heavy (non-hydrogen) atoms. The van der Waals surface area contributed by atoms with Gasteiger partial charge in [0, 0.05) is 24.5 Å². The third-order valence-electron chi connectivity index (χ3n) is 4.32. The van der Waals surface area contributed by atoms with Gasteiger partial charge >= 0.3 is 0 Å². The van der Waals surface area contributed by atoms with E-state index in [1.165, 1.54) is 11.3 Å². The van der Waals surface area contributed by atoms with E-state index in [1.54, 1.807) is 6.20 Å². The van der Waals surface area contributed by atoms with E-state index in [9.17, 15) is 0 Å². The number of nitrogens with two attached hydrogens (primary N) is 1. The van der Waals surface area contributed by atoms with Crippen LogP contribution in [0.3, 0.4) is 0 Å². The predicted octanol–water partition coefficient (Wildman–Crippen LogP) is 2.76. The minimum atomic E-state index is -0.295. The van der Waals surface area contributed by atoms with Crippen molar-refractivity contribution in [2.45, 2.75) is 50.7 Å². The molecule has 1 atom stereocenters. The first-order chi connectivity index (χ1) is 9.19. The monoisotopic (exact) mass is 262 g/mol. The summed E-state index contributed by atoms with van der Waals surface area (Å²) >= 11 is 0. The molecule has 1 aromatic rings. The highest BCUT2D eigenvalue weighted by atomic mass is 16.7. The van der Waals surface area contributed by atoms with Gasteiger partial charge in [-0.2, -0.15) is 0 Å². The lowest BCUT2D eigenvalue weighted by Crippen LogP contribution is -2.28. The van der Waals surface area contributed by atoms with E-state index in [0.717, 1.165) is 51.0 Å². The molecule has 1 saturated heterocycles. The molecule has 2 fully saturated rings. The van der Waals surface area contributed by atoms with E-state index in [-0.39, 0.29) is 5.79 Å². The molecule has 1 aliphatic carbocycles. The van der Waals surface area contributed by atoms with Gasteiger partial charge in [-0.25, -0.2) is 0 Å². The molecule has 104 valence electrons. The Balaban J connectivity index is 1.75. The van der Waals surface area contributed by atoms with Gasteiger partial charge in [-0.05, 0) is 37.8 Å². The SMILES string of the molecule is Cc1cc(N)cnc1C1CCCC2(CC1)OCCO2. The second-order valence-electron chi connectivity index (χ2n) is 5.71. The smallest absolute Gasteiger partial charge is 0.168 e. The van der Waals surface area contributed by atoms with Crippen molar-refractivity contribution >= 4 is 5.69 Å². The Kier molecular flexibility index (Phi) is 3.46. The average molecular weight is 262 g/mol. The van der Waals surface area contributed by atoms with Gasteiger partial charge in [0.05, 0.1) is 25.1 Å². The predicted molar refractivity (Wildman–Crippen MR) is 73.8 cm³/mol. The maximum atomic E-state index is 5.83. The van der Waals surface area contributed by atoms with Crippen LogP contribution in [0.1, 0.15) is 49.3 Å². The molecular weight excluding hydrogens is 240 g/mol. The molecule has 2 heterocycles. The van der Waals surface area contributed by atoms with Gasteiger partial charge in [0.2, 0.25) is 0 Å². The van der Waals surface area contributed by atoms with Crippen LogP contribution < -0.4 is 5.73 Å². The van der Waals surface area contributed by atoms with E-state index in [2.05, 4.69) is 11.9 Å². The van der Waals surface area contributed by atoms with Crippen molar-refractivity contribution in [3.8, 4) is 0 Å². The van der Waals surface area contributed by atoms with Crippen LogP contribution in [0, 0.1) is 6.92 Å². The minimum absolute atomic E-state index is 0.295. The van der Waals surface area contributed by atoms with Gasteiger partial charge in [0.15, 0.2) is 5.79 Å². The first-order valence-electron chi connectivity index (χ1n) is 7.18. The van der Waals surface area contributed by atoms with Crippen molar-refractivity contribution in [2.24, 2.45) is 0 Å². The van der Waals surface area contributed by atoms with Gasteiger partial charge in [0.1, 0.15) is 0 Å². The van der Waals surface area contributed by atoms with Crippen molar-refractivity contribution in [1.82, 2.24) is 4.98 Å². The minimum Gasteiger partial charge on any atom is -0.397 e. The fourth-order valence-corrected chi connectivity index (χ4v) is 3.37. The molecule has 0 amide bonds. The van der Waals surface area contributed by atoms with E-state index >= 15 is 0 Å². The van der Waals surface area contributed by atoms with Gasteiger partial charge < -0.3 is 15.2 Å². The quantitative estimate of drug-likeness (QED) is 0.845. The van der Waals surface area contributed by atoms with Crippen LogP contribution in [0.5, 0.6) is 0 Å². The molecule has 1 saturated carbocycles. The van der Waals surface area contributed by atoms with Crippen LogP contribution in [0.25, 0.3) is 0 Å². The van der Waals surface area contributed by atoms with Crippen molar-refractivity contribution in [1.29, 1.82) is 0 Å². The summed E-state index contributed by atoms with van der Waals surface area (Å²) in [4.78, 5) is 4.55. The summed E-state index contributed by atoms with van der Waals surface area (Å²) in [5.74, 6) is 0.212. The average Bonchev–Trinajstić information content (AvgIpc) is 2.73. The zero-order chi connectivity index (χ0) is 13.3. The summed E-state index contributed by atoms with van der Waals surface area (Å²) < 4.78 is 11.7. The van der Waals surface area contributed by atoms with E-state index in [0.29, 0.717) is 5.92 Å². The maximum Gasteiger partial charge on any atom is 0.168 e. The number of rotatable bonds is 1. The second kappa shape index (κ2) is 5.10. The number of ether oxygens (including phenoxy) is 2. The lowest BCUT2D eigenvalue weighted by atomic mass is 9.93. The molecule has 3 rings (SSSR count). The third kappa shape index (κ3) is 2.60. The summed E-state index contributed by atoms with van der Waals surface area (Å²) in [6.45, 7) is 3.58. The molecule has 2 aliphatic rings. The molecule has 2 N–H and O–H groups in total. The number of aryl methyl sites for hydroxylation is 1. The highest BCUT2D eigenvalue weighted by molar-refractivity contribution is 5.40. The summed E-state index contributed by atoms with van der Waals surface area (Å²) in [5.41, 5.74) is 8.93. The van der Waals surface area contributed by atoms with Crippen molar-refractivity contribution in [3.63, 3.8) is 0 Å². The van der Waals surface area contributed by atoms with E-state index in [4.69, 9.17) is 15.2 Å². The number of pyridine rings is 1. The summed E-state index contributed by atoms with van der Waals surface area (Å²) in [7, 11) is 0. The third-order valence-corrected chi connectivity index (χ3v) is 4.32. The number of anilines is 1. The zero-order valence-electron chi connectivity index (χ0n) is 11.5. The Morgan fingerprint density at radius 1 is 1.26 bits per heavy atom. The fourth-order valence-electron chi connectivity index (χ4n) is 3.37. The molecule has 1 aromatic heterocycles. The lowest BCUT2D eigenvalue weighted by Gasteiger charge is -2.25. The number of aromatic nitrogens is 1. The Hall–Kier alpha value is -1.13. The van der Waals surface area contributed by atoms with Crippen LogP contribution in [0.15, 0.2) is 12.3 Å². The first kappa shape index (κ1) is 12.9. The van der Waals surface area contributed by atoms with Gasteiger partial charge in [-0.3, -0.25) is 4.98 Å². The molecule has 1 spiro atoms. The highest BCUT2D eigenvalue weighted by Gasteiger charge is 2.38. The van der Waals surface area contributed by atoms with Crippen LogP contribution in [0.4, 0.5) is 5.69 Å². The number of hydrogen-bond donors (Lipinski definition) is 1. The molecule has 1 aliphatic heterocycles. The molecule has 4 nitrogen and oxygen atoms in total. The largest absolute Gasteiger partial charge is 0.397 e. The van der Waals surface area contributed by atoms with E-state index in [1.807, 2.05) is 6.07 Å². The standard InChI is InChI=1S/C15H22N2O2/c1-11-9-13(16)10-17-14(11)12-3-2-5-15(6-4-12)18-7-8-19-15/h9-10,12H,2-8,16H2,1H3. The van der Waals surface area contributed by atoms with Crippen LogP contribution in [-0.4, -0.2) is 24.0 Å². The van der Waals surface area contributed by atoms with E-state index < -0.39 is 0 Å². The van der Waals surface area contributed by atoms with Crippen molar-refractivity contribution < 1.29 is 9.47 Å². The highest BCUT2D eigenvalue weighted by Crippen LogP contribution is 2.40. The molecule has 4 heteroatoms. The van der Waals surface area contributed by atoms with Gasteiger partial charge in [0.25, 0.3) is 0 Å². The number of nitrogen functional groups attached to an aromatic ring is 1.